The fourth-order valence-corrected chi connectivity index (χ4v) is 5.92. The van der Waals surface area contributed by atoms with Crippen molar-refractivity contribution in [3.8, 4) is 23.0 Å². The highest BCUT2D eigenvalue weighted by molar-refractivity contribution is 9.10. The van der Waals surface area contributed by atoms with Crippen LogP contribution in [0.2, 0.25) is 10.0 Å². The lowest BCUT2D eigenvalue weighted by Gasteiger charge is -2.15. The van der Waals surface area contributed by atoms with Crippen LogP contribution in [0.4, 0.5) is 5.69 Å². The molecule has 0 aliphatic carbocycles. The molecule has 3 aromatic carbocycles. The number of rotatable bonds is 7. The molecule has 1 fully saturated rings. The normalized spacial score (nSPS) is 15.6. The van der Waals surface area contributed by atoms with Crippen LogP contribution >= 0.6 is 63.1 Å². The van der Waals surface area contributed by atoms with Crippen LogP contribution in [0.25, 0.3) is 6.08 Å². The van der Waals surface area contributed by atoms with Gasteiger partial charge < -0.3 is 18.9 Å². The Morgan fingerprint density at radius 3 is 2.68 bits per heavy atom. The molecule has 190 valence electrons. The predicted molar refractivity (Wildman–Crippen MR) is 154 cm³/mol. The summed E-state index contributed by atoms with van der Waals surface area (Å²) in [6.07, 6.45) is 1.78. The van der Waals surface area contributed by atoms with E-state index in [2.05, 4.69) is 15.9 Å². The molecule has 2 heterocycles. The highest BCUT2D eigenvalue weighted by Gasteiger charge is 2.34. The van der Waals surface area contributed by atoms with Gasteiger partial charge in [0.05, 0.1) is 31.7 Å². The first-order valence-corrected chi connectivity index (χ1v) is 13.8. The van der Waals surface area contributed by atoms with Crippen molar-refractivity contribution < 1.29 is 23.7 Å². The van der Waals surface area contributed by atoms with Crippen LogP contribution in [-0.2, 0) is 11.4 Å². The number of halogens is 3. The number of carbonyl (C=O) groups is 1. The molecule has 6 nitrogen and oxygen atoms in total. The van der Waals surface area contributed by atoms with Crippen LogP contribution in [0.5, 0.6) is 23.0 Å². The molecule has 37 heavy (non-hydrogen) atoms. The molecule has 2 aliphatic rings. The quantitative estimate of drug-likeness (QED) is 0.193. The summed E-state index contributed by atoms with van der Waals surface area (Å²) in [5, 5.41) is 0.940. The average molecular weight is 639 g/mol. The maximum atomic E-state index is 13.3. The van der Waals surface area contributed by atoms with Crippen LogP contribution in [-0.4, -0.2) is 23.6 Å². The number of carbonyl (C=O) groups excluding carboxylic acids is 1. The van der Waals surface area contributed by atoms with E-state index in [0.29, 0.717) is 59.0 Å². The first-order chi connectivity index (χ1) is 17.8. The number of benzene rings is 3. The van der Waals surface area contributed by atoms with Crippen molar-refractivity contribution in [1.82, 2.24) is 0 Å². The molecule has 0 N–H and O–H groups in total. The number of amides is 1. The second-order valence-corrected chi connectivity index (χ2v) is 11.2. The summed E-state index contributed by atoms with van der Waals surface area (Å²) in [5.41, 5.74) is 2.24. The number of thiocarbonyl (C=S) groups is 1. The minimum atomic E-state index is -0.220. The Morgan fingerprint density at radius 2 is 1.89 bits per heavy atom. The Hall–Kier alpha value is -2.43. The third-order valence-corrected chi connectivity index (χ3v) is 8.03. The summed E-state index contributed by atoms with van der Waals surface area (Å²) in [6.45, 7) is 2.75. The third-order valence-electron chi connectivity index (χ3n) is 5.40. The van der Waals surface area contributed by atoms with Gasteiger partial charge in [-0.3, -0.25) is 9.69 Å². The highest BCUT2D eigenvalue weighted by Crippen LogP contribution is 2.42. The Kier molecular flexibility index (Phi) is 7.88. The molecule has 11 heteroatoms. The molecular formula is C26H18BrCl2NO5S2. The molecule has 3 aromatic rings. The summed E-state index contributed by atoms with van der Waals surface area (Å²) in [4.78, 5) is 15.3. The van der Waals surface area contributed by atoms with Gasteiger partial charge in [0.1, 0.15) is 6.61 Å². The number of hydrogen-bond donors (Lipinski definition) is 0. The second-order valence-electron chi connectivity index (χ2n) is 7.85. The summed E-state index contributed by atoms with van der Waals surface area (Å²) >= 11 is 22.5. The van der Waals surface area contributed by atoms with E-state index < -0.39 is 0 Å². The molecule has 0 radical (unpaired) electrons. The molecule has 0 unspecified atom stereocenters. The lowest BCUT2D eigenvalue weighted by atomic mass is 10.1. The summed E-state index contributed by atoms with van der Waals surface area (Å²) in [6, 6.07) is 14.3. The Morgan fingerprint density at radius 1 is 1.08 bits per heavy atom. The molecule has 0 bridgehead atoms. The van der Waals surface area contributed by atoms with Gasteiger partial charge in [0.25, 0.3) is 5.91 Å². The van der Waals surface area contributed by atoms with E-state index >= 15 is 0 Å². The SMILES string of the molecule is CCOc1cc(/C=C2/SC(=S)N(c3ccc4c(c3)OCO4)C2=O)cc(Br)c1OCc1ccc(Cl)c(Cl)c1. The van der Waals surface area contributed by atoms with Crippen molar-refractivity contribution in [3.63, 3.8) is 0 Å². The Labute approximate surface area is 241 Å². The molecule has 0 aromatic heterocycles. The topological polar surface area (TPSA) is 57.2 Å². The minimum Gasteiger partial charge on any atom is -0.490 e. The van der Waals surface area contributed by atoms with Crippen LogP contribution < -0.4 is 23.8 Å². The summed E-state index contributed by atoms with van der Waals surface area (Å²) in [5.74, 6) is 2.08. The summed E-state index contributed by atoms with van der Waals surface area (Å²) in [7, 11) is 0. The number of fused-ring (bicyclic) bond motifs is 1. The standard InChI is InChI=1S/C26H18BrCl2NO5S2/c1-2-32-22-9-15(7-17(27)24(22)33-12-14-3-5-18(28)19(29)8-14)10-23-25(31)30(26(36)37-23)16-4-6-20-21(11-16)35-13-34-20/h3-11H,2,12-13H2,1H3/b23-10+. The van der Waals surface area contributed by atoms with Crippen LogP contribution in [0.3, 0.4) is 0 Å². The molecule has 2 aliphatic heterocycles. The predicted octanol–water partition coefficient (Wildman–Crippen LogP) is 7.87. The lowest BCUT2D eigenvalue weighted by molar-refractivity contribution is -0.113. The molecule has 0 atom stereocenters. The van der Waals surface area contributed by atoms with Crippen molar-refractivity contribution in [3.05, 3.63) is 79.1 Å². The van der Waals surface area contributed by atoms with Gasteiger partial charge in [-0.1, -0.05) is 53.2 Å². The summed E-state index contributed by atoms with van der Waals surface area (Å²) < 4.78 is 23.8. The first kappa shape index (κ1) is 26.2. The monoisotopic (exact) mass is 637 g/mol. The fourth-order valence-electron chi connectivity index (χ4n) is 3.73. The van der Waals surface area contributed by atoms with E-state index in [-0.39, 0.29) is 19.3 Å². The Bertz CT molecular complexity index is 1450. The van der Waals surface area contributed by atoms with E-state index in [1.165, 1.54) is 16.7 Å². The molecule has 1 amide bonds. The first-order valence-electron chi connectivity index (χ1n) is 11.0. The smallest absolute Gasteiger partial charge is 0.270 e. The van der Waals surface area contributed by atoms with Gasteiger partial charge in [-0.25, -0.2) is 0 Å². The number of hydrogen-bond acceptors (Lipinski definition) is 7. The van der Waals surface area contributed by atoms with E-state index in [1.54, 1.807) is 36.4 Å². The van der Waals surface area contributed by atoms with Gasteiger partial charge in [0.2, 0.25) is 6.79 Å². The fraction of sp³-hybridized carbons (Fsp3) is 0.154. The zero-order chi connectivity index (χ0) is 26.1. The second kappa shape index (κ2) is 11.1. The molecule has 1 saturated heterocycles. The minimum absolute atomic E-state index is 0.154. The van der Waals surface area contributed by atoms with Crippen molar-refractivity contribution in [1.29, 1.82) is 0 Å². The largest absolute Gasteiger partial charge is 0.490 e. The van der Waals surface area contributed by atoms with E-state index in [4.69, 9.17) is 54.4 Å². The van der Waals surface area contributed by atoms with Crippen molar-refractivity contribution >= 4 is 85.1 Å². The van der Waals surface area contributed by atoms with Gasteiger partial charge in [-0.2, -0.15) is 0 Å². The van der Waals surface area contributed by atoms with Crippen molar-refractivity contribution in [2.45, 2.75) is 13.5 Å². The average Bonchev–Trinajstić information content (AvgIpc) is 3.44. The van der Waals surface area contributed by atoms with Crippen LogP contribution in [0.15, 0.2) is 57.9 Å². The zero-order valence-electron chi connectivity index (χ0n) is 19.3. The van der Waals surface area contributed by atoms with Gasteiger partial charge in [-0.15, -0.1) is 0 Å². The molecule has 5 rings (SSSR count). The molecular weight excluding hydrogens is 621 g/mol. The van der Waals surface area contributed by atoms with Crippen molar-refractivity contribution in [2.75, 3.05) is 18.3 Å². The van der Waals surface area contributed by atoms with E-state index in [0.717, 1.165) is 11.1 Å². The van der Waals surface area contributed by atoms with Gasteiger partial charge >= 0.3 is 0 Å². The molecule has 0 saturated carbocycles. The Balaban J connectivity index is 1.39. The number of ether oxygens (including phenoxy) is 4. The lowest BCUT2D eigenvalue weighted by Crippen LogP contribution is -2.27. The highest BCUT2D eigenvalue weighted by atomic mass is 79.9. The molecule has 0 spiro atoms. The number of thioether (sulfide) groups is 1. The third kappa shape index (κ3) is 5.56. The van der Waals surface area contributed by atoms with E-state index in [9.17, 15) is 4.79 Å². The van der Waals surface area contributed by atoms with E-state index in [1.807, 2.05) is 25.1 Å². The zero-order valence-corrected chi connectivity index (χ0v) is 24.0. The maximum Gasteiger partial charge on any atom is 0.270 e. The van der Waals surface area contributed by atoms with Gasteiger partial charge in [-0.05, 0) is 76.5 Å². The van der Waals surface area contributed by atoms with Crippen molar-refractivity contribution in [2.24, 2.45) is 0 Å². The van der Waals surface area contributed by atoms with Crippen LogP contribution in [0.1, 0.15) is 18.1 Å². The van der Waals surface area contributed by atoms with Gasteiger partial charge in [0, 0.05) is 6.07 Å². The van der Waals surface area contributed by atoms with Crippen LogP contribution in [0, 0.1) is 0 Å². The number of anilines is 1. The van der Waals surface area contributed by atoms with Gasteiger partial charge in [0.15, 0.2) is 27.3 Å². The number of nitrogens with zero attached hydrogens (tertiary/aromatic N) is 1. The maximum absolute atomic E-state index is 13.3.